The van der Waals surface area contributed by atoms with Gasteiger partial charge in [0.25, 0.3) is 0 Å². The van der Waals surface area contributed by atoms with Gasteiger partial charge in [0.2, 0.25) is 11.9 Å². The molecule has 0 saturated heterocycles. The average molecular weight is 472 g/mol. The number of hydrogen-bond donors (Lipinski definition) is 1. The maximum atomic E-state index is 13.5. The number of amides is 1. The van der Waals surface area contributed by atoms with E-state index in [1.165, 1.54) is 27.4 Å². The van der Waals surface area contributed by atoms with Crippen molar-refractivity contribution in [3.8, 4) is 17.2 Å². The van der Waals surface area contributed by atoms with Crippen molar-refractivity contribution in [3.63, 3.8) is 0 Å². The number of carbonyl (C=O) groups is 3. The van der Waals surface area contributed by atoms with Crippen LogP contribution < -0.4 is 19.5 Å². The Balaban J connectivity index is 1.95. The molecule has 0 saturated carbocycles. The van der Waals surface area contributed by atoms with Crippen molar-refractivity contribution < 1.29 is 38.1 Å². The van der Waals surface area contributed by atoms with Gasteiger partial charge in [0.15, 0.2) is 6.10 Å². The van der Waals surface area contributed by atoms with Crippen LogP contribution in [-0.4, -0.2) is 51.3 Å². The van der Waals surface area contributed by atoms with E-state index in [9.17, 15) is 14.4 Å². The fourth-order valence-corrected chi connectivity index (χ4v) is 3.67. The molecule has 0 spiro atoms. The van der Waals surface area contributed by atoms with E-state index in [-0.39, 0.29) is 11.5 Å². The predicted molar refractivity (Wildman–Crippen MR) is 122 cm³/mol. The van der Waals surface area contributed by atoms with Crippen LogP contribution in [-0.2, 0) is 14.3 Å². The molecular weight excluding hydrogens is 442 g/mol. The van der Waals surface area contributed by atoms with Crippen LogP contribution in [0.4, 0.5) is 4.79 Å². The summed E-state index contributed by atoms with van der Waals surface area (Å²) in [7, 11) is 4.25. The number of alkyl carbamates (subject to hydrolysis) is 1. The molecule has 3 rings (SSSR count). The summed E-state index contributed by atoms with van der Waals surface area (Å²) in [4.78, 5) is 38.5. The topological polar surface area (TPSA) is 109 Å². The van der Waals surface area contributed by atoms with Crippen molar-refractivity contribution in [1.29, 1.82) is 0 Å². The van der Waals surface area contributed by atoms with E-state index >= 15 is 0 Å². The van der Waals surface area contributed by atoms with Crippen LogP contribution in [0.1, 0.15) is 42.3 Å². The first-order valence-corrected chi connectivity index (χ1v) is 10.9. The van der Waals surface area contributed by atoms with E-state index in [0.29, 0.717) is 29.2 Å². The number of nitrogens with one attached hydrogen (secondary N) is 1. The second-order valence-corrected chi connectivity index (χ2v) is 7.90. The maximum Gasteiger partial charge on any atom is 0.408 e. The summed E-state index contributed by atoms with van der Waals surface area (Å²) in [5.41, 5.74) is 0.807. The lowest BCUT2D eigenvalue weighted by atomic mass is 9.93. The van der Waals surface area contributed by atoms with Gasteiger partial charge in [-0.1, -0.05) is 32.4 Å². The van der Waals surface area contributed by atoms with Gasteiger partial charge in [-0.25, -0.2) is 9.59 Å². The minimum atomic E-state index is -1.32. The molecule has 34 heavy (non-hydrogen) atoms. The molecule has 9 nitrogen and oxygen atoms in total. The van der Waals surface area contributed by atoms with Gasteiger partial charge in [0.05, 0.1) is 26.9 Å². The molecule has 4 atom stereocenters. The Kier molecular flexibility index (Phi) is 7.99. The van der Waals surface area contributed by atoms with E-state index in [2.05, 4.69) is 5.32 Å². The smallest absolute Gasteiger partial charge is 0.408 e. The van der Waals surface area contributed by atoms with Crippen LogP contribution in [0, 0.1) is 5.92 Å². The van der Waals surface area contributed by atoms with Crippen LogP contribution in [0.25, 0.3) is 0 Å². The zero-order valence-corrected chi connectivity index (χ0v) is 19.8. The quantitative estimate of drug-likeness (QED) is 0.581. The first-order chi connectivity index (χ1) is 16.3. The highest BCUT2D eigenvalue weighted by atomic mass is 16.6. The van der Waals surface area contributed by atoms with Gasteiger partial charge in [-0.15, -0.1) is 0 Å². The molecule has 182 valence electrons. The lowest BCUT2D eigenvalue weighted by Gasteiger charge is -2.33. The molecule has 1 aliphatic rings. The van der Waals surface area contributed by atoms with E-state index in [1.54, 1.807) is 43.3 Å². The Bertz CT molecular complexity index is 1050. The van der Waals surface area contributed by atoms with Gasteiger partial charge in [-0.05, 0) is 36.2 Å². The fraction of sp³-hybridized carbons (Fsp3) is 0.400. The third kappa shape index (κ3) is 5.24. The van der Waals surface area contributed by atoms with Gasteiger partial charge in [-0.3, -0.25) is 4.79 Å². The van der Waals surface area contributed by atoms with Crippen LogP contribution in [0.5, 0.6) is 17.2 Å². The monoisotopic (exact) mass is 471 g/mol. The third-order valence-electron chi connectivity index (χ3n) is 5.84. The van der Waals surface area contributed by atoms with Crippen molar-refractivity contribution in [2.24, 2.45) is 5.92 Å². The molecule has 1 heterocycles. The van der Waals surface area contributed by atoms with E-state index in [0.717, 1.165) is 0 Å². The SMILES string of the molecule is CC[C@H](C)[C@@H](NC(=O)O[C@@H]1C(=O)c2cc(OC)ccc2O[C@H]1c1cccc(OC)c1)C(=O)OC. The van der Waals surface area contributed by atoms with Crippen molar-refractivity contribution in [1.82, 2.24) is 5.32 Å². The highest BCUT2D eigenvalue weighted by Gasteiger charge is 2.42. The van der Waals surface area contributed by atoms with Crippen molar-refractivity contribution >= 4 is 17.8 Å². The number of fused-ring (bicyclic) bond motifs is 1. The number of methoxy groups -OCH3 is 3. The standard InChI is InChI=1S/C25H29NO8/c1-6-14(2)20(24(28)32-5)26-25(29)34-23-21(27)18-13-17(31-4)10-11-19(18)33-22(23)15-8-7-9-16(12-15)30-3/h7-14,20,22-23H,6H2,1-5H3,(H,26,29)/t14-,20+,22-,23+/m0/s1. The summed E-state index contributed by atoms with van der Waals surface area (Å²) in [6.07, 6.45) is -2.57. The molecule has 0 unspecified atom stereocenters. The highest BCUT2D eigenvalue weighted by molar-refractivity contribution is 6.04. The van der Waals surface area contributed by atoms with Gasteiger partial charge in [0.1, 0.15) is 23.3 Å². The maximum absolute atomic E-state index is 13.5. The number of ketones is 1. The zero-order chi connectivity index (χ0) is 24.8. The van der Waals surface area contributed by atoms with E-state index < -0.39 is 36.1 Å². The summed E-state index contributed by atoms with van der Waals surface area (Å²) in [5, 5.41) is 2.53. The van der Waals surface area contributed by atoms with Gasteiger partial charge in [-0.2, -0.15) is 0 Å². The molecule has 0 bridgehead atoms. The Morgan fingerprint density at radius 2 is 1.76 bits per heavy atom. The molecule has 0 aromatic heterocycles. The summed E-state index contributed by atoms with van der Waals surface area (Å²) in [5.74, 6) is 0.0858. The van der Waals surface area contributed by atoms with Gasteiger partial charge < -0.3 is 29.0 Å². The Morgan fingerprint density at radius 1 is 1.06 bits per heavy atom. The number of carbonyl (C=O) groups excluding carboxylic acids is 3. The fourth-order valence-electron chi connectivity index (χ4n) is 3.67. The minimum Gasteiger partial charge on any atom is -0.497 e. The lowest BCUT2D eigenvalue weighted by Crippen LogP contribution is -2.49. The summed E-state index contributed by atoms with van der Waals surface area (Å²) >= 11 is 0. The van der Waals surface area contributed by atoms with Crippen molar-refractivity contribution in [2.45, 2.75) is 38.5 Å². The number of Topliss-reactive ketones (excluding diaryl/α,β-unsaturated/α-hetero) is 1. The lowest BCUT2D eigenvalue weighted by molar-refractivity contribution is -0.144. The molecule has 1 aliphatic heterocycles. The van der Waals surface area contributed by atoms with Crippen LogP contribution in [0.2, 0.25) is 0 Å². The Morgan fingerprint density at radius 3 is 2.41 bits per heavy atom. The molecule has 0 fully saturated rings. The summed E-state index contributed by atoms with van der Waals surface area (Å²) in [6, 6.07) is 10.9. The number of rotatable bonds is 8. The zero-order valence-electron chi connectivity index (χ0n) is 19.8. The highest BCUT2D eigenvalue weighted by Crippen LogP contribution is 2.39. The molecule has 2 aromatic carbocycles. The predicted octanol–water partition coefficient (Wildman–Crippen LogP) is 3.70. The van der Waals surface area contributed by atoms with Crippen LogP contribution in [0.3, 0.4) is 0 Å². The third-order valence-corrected chi connectivity index (χ3v) is 5.84. The van der Waals surface area contributed by atoms with Gasteiger partial charge >= 0.3 is 12.1 Å². The first-order valence-electron chi connectivity index (χ1n) is 10.9. The molecule has 0 radical (unpaired) electrons. The second kappa shape index (κ2) is 10.9. The number of ether oxygens (including phenoxy) is 5. The second-order valence-electron chi connectivity index (χ2n) is 7.90. The first kappa shape index (κ1) is 24.9. The minimum absolute atomic E-state index is 0.211. The van der Waals surface area contributed by atoms with Gasteiger partial charge in [0, 0.05) is 5.56 Å². The van der Waals surface area contributed by atoms with Crippen LogP contribution >= 0.6 is 0 Å². The average Bonchev–Trinajstić information content (AvgIpc) is 2.87. The molecule has 2 aromatic rings. The summed E-state index contributed by atoms with van der Waals surface area (Å²) < 4.78 is 27.0. The Hall–Kier alpha value is -3.75. The van der Waals surface area contributed by atoms with Crippen LogP contribution in [0.15, 0.2) is 42.5 Å². The van der Waals surface area contributed by atoms with E-state index in [1.807, 2.05) is 6.92 Å². The molecule has 1 amide bonds. The normalized spacial score (nSPS) is 18.6. The van der Waals surface area contributed by atoms with E-state index in [4.69, 9.17) is 23.7 Å². The van der Waals surface area contributed by atoms with Crippen molar-refractivity contribution in [2.75, 3.05) is 21.3 Å². The molecule has 9 heteroatoms. The number of esters is 1. The van der Waals surface area contributed by atoms with Crippen molar-refractivity contribution in [3.05, 3.63) is 53.6 Å². The molecule has 1 N–H and O–H groups in total. The molecular formula is C25H29NO8. The Labute approximate surface area is 198 Å². The summed E-state index contributed by atoms with van der Waals surface area (Å²) in [6.45, 7) is 3.69. The number of hydrogen-bond acceptors (Lipinski definition) is 8. The number of benzene rings is 2. The largest absolute Gasteiger partial charge is 0.497 e. The molecule has 0 aliphatic carbocycles.